The van der Waals surface area contributed by atoms with Gasteiger partial charge >= 0.3 is 5.97 Å². The second-order valence-corrected chi connectivity index (χ2v) is 6.61. The lowest BCUT2D eigenvalue weighted by molar-refractivity contribution is -0.141. The van der Waals surface area contributed by atoms with Crippen LogP contribution in [0.3, 0.4) is 0 Å². The van der Waals surface area contributed by atoms with E-state index in [0.717, 1.165) is 29.9 Å². The monoisotopic (exact) mass is 302 g/mol. The first-order chi connectivity index (χ1) is 10.2. The molecule has 1 N–H and O–H groups in total. The van der Waals surface area contributed by atoms with E-state index in [0.29, 0.717) is 6.42 Å². The topological polar surface area (TPSA) is 37.3 Å². The van der Waals surface area contributed by atoms with Crippen molar-refractivity contribution in [2.24, 2.45) is 5.92 Å². The number of carboxylic acid groups (broad SMARTS) is 1. The SMILES string of the molecule is CCSCCC[C@@H](Cc1cccc2ccccc12)C(=O)O. The van der Waals surface area contributed by atoms with Crippen molar-refractivity contribution in [2.45, 2.75) is 26.2 Å². The molecule has 0 bridgehead atoms. The van der Waals surface area contributed by atoms with Gasteiger partial charge in [0, 0.05) is 0 Å². The smallest absolute Gasteiger partial charge is 0.306 e. The zero-order chi connectivity index (χ0) is 15.1. The summed E-state index contributed by atoms with van der Waals surface area (Å²) in [4.78, 5) is 11.5. The van der Waals surface area contributed by atoms with Gasteiger partial charge in [0.05, 0.1) is 5.92 Å². The molecule has 0 saturated heterocycles. The molecule has 0 amide bonds. The molecule has 21 heavy (non-hydrogen) atoms. The lowest BCUT2D eigenvalue weighted by atomic mass is 9.92. The standard InChI is InChI=1S/C18H22O2S/c1-2-21-12-6-10-16(18(19)20)13-15-9-5-8-14-7-3-4-11-17(14)15/h3-5,7-9,11,16H,2,6,10,12-13H2,1H3,(H,19,20)/t16-/m0/s1. The summed E-state index contributed by atoms with van der Waals surface area (Å²) in [7, 11) is 0. The number of hydrogen-bond acceptors (Lipinski definition) is 2. The molecule has 2 nitrogen and oxygen atoms in total. The summed E-state index contributed by atoms with van der Waals surface area (Å²) in [6.45, 7) is 2.13. The van der Waals surface area contributed by atoms with Gasteiger partial charge in [0.2, 0.25) is 0 Å². The Morgan fingerprint density at radius 3 is 2.71 bits per heavy atom. The van der Waals surface area contributed by atoms with Gasteiger partial charge < -0.3 is 5.11 Å². The average molecular weight is 302 g/mol. The highest BCUT2D eigenvalue weighted by Crippen LogP contribution is 2.23. The summed E-state index contributed by atoms with van der Waals surface area (Å²) in [6.07, 6.45) is 2.35. The van der Waals surface area contributed by atoms with Crippen LogP contribution in [0.4, 0.5) is 0 Å². The van der Waals surface area contributed by atoms with E-state index in [1.165, 1.54) is 10.8 Å². The van der Waals surface area contributed by atoms with Crippen molar-refractivity contribution in [1.82, 2.24) is 0 Å². The summed E-state index contributed by atoms with van der Waals surface area (Å²) < 4.78 is 0. The fourth-order valence-electron chi connectivity index (χ4n) is 2.62. The quantitative estimate of drug-likeness (QED) is 0.723. The molecule has 0 aromatic heterocycles. The number of fused-ring (bicyclic) bond motifs is 1. The van der Waals surface area contributed by atoms with E-state index in [1.54, 1.807) is 0 Å². The van der Waals surface area contributed by atoms with Crippen LogP contribution in [0.1, 0.15) is 25.3 Å². The zero-order valence-corrected chi connectivity index (χ0v) is 13.2. The van der Waals surface area contributed by atoms with Gasteiger partial charge in [-0.3, -0.25) is 4.79 Å². The Morgan fingerprint density at radius 2 is 1.95 bits per heavy atom. The molecule has 0 aliphatic carbocycles. The number of benzene rings is 2. The maximum Gasteiger partial charge on any atom is 0.306 e. The number of rotatable bonds is 8. The zero-order valence-electron chi connectivity index (χ0n) is 12.4. The van der Waals surface area contributed by atoms with Gasteiger partial charge in [0.15, 0.2) is 0 Å². The van der Waals surface area contributed by atoms with Gasteiger partial charge in [-0.1, -0.05) is 49.4 Å². The molecule has 0 radical (unpaired) electrons. The normalized spacial score (nSPS) is 12.4. The number of aliphatic carboxylic acids is 1. The Bertz CT molecular complexity index is 589. The highest BCUT2D eigenvalue weighted by Gasteiger charge is 2.18. The van der Waals surface area contributed by atoms with E-state index in [-0.39, 0.29) is 5.92 Å². The summed E-state index contributed by atoms with van der Waals surface area (Å²) in [5.74, 6) is 1.19. The van der Waals surface area contributed by atoms with Crippen molar-refractivity contribution in [3.8, 4) is 0 Å². The number of carbonyl (C=O) groups is 1. The van der Waals surface area contributed by atoms with E-state index in [1.807, 2.05) is 30.0 Å². The van der Waals surface area contributed by atoms with Gasteiger partial charge in [-0.15, -0.1) is 0 Å². The molecule has 0 aliphatic rings. The Labute approximate surface area is 130 Å². The Kier molecular flexibility index (Phi) is 6.12. The number of thioether (sulfide) groups is 1. The molecular formula is C18H22O2S. The Hall–Kier alpha value is -1.48. The van der Waals surface area contributed by atoms with Gasteiger partial charge in [-0.25, -0.2) is 0 Å². The molecule has 0 unspecified atom stereocenters. The average Bonchev–Trinajstić information content (AvgIpc) is 2.50. The van der Waals surface area contributed by atoms with E-state index in [2.05, 4.69) is 31.2 Å². The molecule has 0 spiro atoms. The minimum Gasteiger partial charge on any atom is -0.481 e. The number of carboxylic acids is 1. The van der Waals surface area contributed by atoms with Crippen LogP contribution in [0, 0.1) is 5.92 Å². The van der Waals surface area contributed by atoms with Crippen molar-refractivity contribution in [1.29, 1.82) is 0 Å². The van der Waals surface area contributed by atoms with Crippen LogP contribution in [0.2, 0.25) is 0 Å². The maximum atomic E-state index is 11.5. The van der Waals surface area contributed by atoms with Crippen LogP contribution in [-0.4, -0.2) is 22.6 Å². The maximum absolute atomic E-state index is 11.5. The van der Waals surface area contributed by atoms with Crippen molar-refractivity contribution in [3.05, 3.63) is 48.0 Å². The van der Waals surface area contributed by atoms with E-state index < -0.39 is 5.97 Å². The Balaban J connectivity index is 2.10. The van der Waals surface area contributed by atoms with E-state index in [4.69, 9.17) is 0 Å². The summed E-state index contributed by atoms with van der Waals surface area (Å²) in [5.41, 5.74) is 1.14. The highest BCUT2D eigenvalue weighted by atomic mass is 32.2. The predicted octanol–water partition coefficient (Wildman–Crippen LogP) is 4.62. The van der Waals surface area contributed by atoms with Crippen LogP contribution < -0.4 is 0 Å². The Morgan fingerprint density at radius 1 is 1.19 bits per heavy atom. The molecule has 0 fully saturated rings. The molecule has 3 heteroatoms. The molecular weight excluding hydrogens is 280 g/mol. The van der Waals surface area contributed by atoms with Crippen molar-refractivity contribution in [3.63, 3.8) is 0 Å². The molecule has 112 valence electrons. The van der Waals surface area contributed by atoms with Gasteiger partial charge in [-0.2, -0.15) is 11.8 Å². The first kappa shape index (κ1) is 15.9. The largest absolute Gasteiger partial charge is 0.481 e. The third kappa shape index (κ3) is 4.50. The van der Waals surface area contributed by atoms with E-state index >= 15 is 0 Å². The predicted molar refractivity (Wildman–Crippen MR) is 91.0 cm³/mol. The summed E-state index contributed by atoms with van der Waals surface area (Å²) in [6, 6.07) is 14.3. The molecule has 0 saturated carbocycles. The first-order valence-electron chi connectivity index (χ1n) is 7.49. The minimum absolute atomic E-state index is 0.284. The lowest BCUT2D eigenvalue weighted by Gasteiger charge is -2.14. The first-order valence-corrected chi connectivity index (χ1v) is 8.65. The second-order valence-electron chi connectivity index (χ2n) is 5.22. The molecule has 1 atom stereocenters. The fraction of sp³-hybridized carbons (Fsp3) is 0.389. The molecule has 2 aromatic rings. The van der Waals surface area contributed by atoms with Gasteiger partial charge in [0.25, 0.3) is 0 Å². The second kappa shape index (κ2) is 8.08. The fourth-order valence-corrected chi connectivity index (χ4v) is 3.28. The van der Waals surface area contributed by atoms with Crippen LogP contribution in [-0.2, 0) is 11.2 Å². The molecule has 0 aliphatic heterocycles. The van der Waals surface area contributed by atoms with Crippen LogP contribution in [0.25, 0.3) is 10.8 Å². The van der Waals surface area contributed by atoms with Crippen LogP contribution in [0.5, 0.6) is 0 Å². The lowest BCUT2D eigenvalue weighted by Crippen LogP contribution is -2.17. The summed E-state index contributed by atoms with van der Waals surface area (Å²) >= 11 is 1.88. The van der Waals surface area contributed by atoms with Crippen molar-refractivity contribution >= 4 is 28.5 Å². The van der Waals surface area contributed by atoms with E-state index in [9.17, 15) is 9.90 Å². The van der Waals surface area contributed by atoms with Gasteiger partial charge in [0.1, 0.15) is 0 Å². The molecule has 0 heterocycles. The van der Waals surface area contributed by atoms with Gasteiger partial charge in [-0.05, 0) is 47.1 Å². The number of hydrogen-bond donors (Lipinski definition) is 1. The minimum atomic E-state index is -0.676. The van der Waals surface area contributed by atoms with Crippen molar-refractivity contribution in [2.75, 3.05) is 11.5 Å². The van der Waals surface area contributed by atoms with Crippen LogP contribution >= 0.6 is 11.8 Å². The highest BCUT2D eigenvalue weighted by molar-refractivity contribution is 7.99. The molecule has 2 aromatic carbocycles. The summed E-state index contributed by atoms with van der Waals surface area (Å²) in [5, 5.41) is 11.8. The van der Waals surface area contributed by atoms with Crippen LogP contribution in [0.15, 0.2) is 42.5 Å². The van der Waals surface area contributed by atoms with Crippen molar-refractivity contribution < 1.29 is 9.90 Å². The third-order valence-corrected chi connectivity index (χ3v) is 4.73. The molecule has 2 rings (SSSR count). The third-order valence-electron chi connectivity index (χ3n) is 3.74.